The fourth-order valence-corrected chi connectivity index (χ4v) is 5.46. The molecular formula is C26H24BrNO3. The first-order chi connectivity index (χ1) is 15.1. The molecule has 0 fully saturated rings. The number of carbonyl (C=O) groups excluding carboxylic acids is 1. The van der Waals surface area contributed by atoms with Crippen LogP contribution >= 0.6 is 15.9 Å². The number of ether oxygens (including phenoxy) is 2. The van der Waals surface area contributed by atoms with Gasteiger partial charge in [0.2, 0.25) is 5.91 Å². The van der Waals surface area contributed by atoms with Crippen LogP contribution in [0.3, 0.4) is 0 Å². The van der Waals surface area contributed by atoms with Gasteiger partial charge >= 0.3 is 0 Å². The average Bonchev–Trinajstić information content (AvgIpc) is 2.80. The highest BCUT2D eigenvalue weighted by molar-refractivity contribution is 9.10. The third kappa shape index (κ3) is 3.32. The largest absolute Gasteiger partial charge is 0.493 e. The van der Waals surface area contributed by atoms with Gasteiger partial charge in [0.15, 0.2) is 11.5 Å². The molecule has 0 spiro atoms. The van der Waals surface area contributed by atoms with Crippen LogP contribution in [-0.2, 0) is 24.1 Å². The van der Waals surface area contributed by atoms with Crippen molar-refractivity contribution in [2.24, 2.45) is 0 Å². The number of hydrogen-bond acceptors (Lipinski definition) is 3. The Kier molecular flexibility index (Phi) is 5.22. The fraction of sp³-hybridized carbons (Fsp3) is 0.269. The predicted molar refractivity (Wildman–Crippen MR) is 125 cm³/mol. The summed E-state index contributed by atoms with van der Waals surface area (Å²) >= 11 is 3.58. The first-order valence-corrected chi connectivity index (χ1v) is 11.3. The van der Waals surface area contributed by atoms with Gasteiger partial charge in [-0.3, -0.25) is 4.79 Å². The summed E-state index contributed by atoms with van der Waals surface area (Å²) in [7, 11) is 3.37. The van der Waals surface area contributed by atoms with Gasteiger partial charge < -0.3 is 14.4 Å². The third-order valence-electron chi connectivity index (χ3n) is 6.45. The van der Waals surface area contributed by atoms with E-state index in [4.69, 9.17) is 9.47 Å². The van der Waals surface area contributed by atoms with E-state index in [1.54, 1.807) is 14.2 Å². The molecule has 31 heavy (non-hydrogen) atoms. The summed E-state index contributed by atoms with van der Waals surface area (Å²) < 4.78 is 12.5. The van der Waals surface area contributed by atoms with Crippen molar-refractivity contribution in [3.05, 3.63) is 81.3 Å². The average molecular weight is 478 g/mol. The summed E-state index contributed by atoms with van der Waals surface area (Å²) in [5.41, 5.74) is 6.95. The Hall–Kier alpha value is -2.79. The SMILES string of the molecule is COc1cc2c3c(c1OC)-c1ccccc1CC3N(C(=O)Cc1ccccc1Br)CC2. The molecule has 1 aliphatic carbocycles. The number of benzene rings is 3. The van der Waals surface area contributed by atoms with Crippen LogP contribution in [0.5, 0.6) is 11.5 Å². The number of nitrogens with zero attached hydrogens (tertiary/aromatic N) is 1. The molecule has 1 unspecified atom stereocenters. The highest BCUT2D eigenvalue weighted by Crippen LogP contribution is 2.52. The zero-order chi connectivity index (χ0) is 21.5. The lowest BCUT2D eigenvalue weighted by atomic mass is 9.76. The van der Waals surface area contributed by atoms with Crippen molar-refractivity contribution >= 4 is 21.8 Å². The van der Waals surface area contributed by atoms with E-state index in [1.165, 1.54) is 22.3 Å². The second-order valence-electron chi connectivity index (χ2n) is 8.04. The van der Waals surface area contributed by atoms with Gasteiger partial charge in [0, 0.05) is 16.6 Å². The molecule has 0 radical (unpaired) electrons. The summed E-state index contributed by atoms with van der Waals surface area (Å²) in [6.07, 6.45) is 2.01. The maximum absolute atomic E-state index is 13.5. The minimum absolute atomic E-state index is 0.00319. The number of amides is 1. The lowest BCUT2D eigenvalue weighted by Gasteiger charge is -2.42. The Bertz CT molecular complexity index is 1170. The molecular weight excluding hydrogens is 454 g/mol. The quantitative estimate of drug-likeness (QED) is 0.507. The van der Waals surface area contributed by atoms with Crippen molar-refractivity contribution in [3.63, 3.8) is 0 Å². The van der Waals surface area contributed by atoms with Crippen molar-refractivity contribution in [2.45, 2.75) is 25.3 Å². The zero-order valence-corrected chi connectivity index (χ0v) is 19.2. The van der Waals surface area contributed by atoms with E-state index >= 15 is 0 Å². The Morgan fingerprint density at radius 3 is 2.61 bits per heavy atom. The molecule has 1 atom stereocenters. The maximum Gasteiger partial charge on any atom is 0.227 e. The van der Waals surface area contributed by atoms with Gasteiger partial charge in [0.05, 0.1) is 26.7 Å². The van der Waals surface area contributed by atoms with Gasteiger partial charge in [-0.1, -0.05) is 58.4 Å². The molecule has 0 N–H and O–H groups in total. The van der Waals surface area contributed by atoms with Crippen LogP contribution in [0, 0.1) is 0 Å². The molecule has 1 heterocycles. The number of carbonyl (C=O) groups is 1. The fourth-order valence-electron chi connectivity index (χ4n) is 5.04. The first-order valence-electron chi connectivity index (χ1n) is 10.5. The van der Waals surface area contributed by atoms with Crippen molar-refractivity contribution in [2.75, 3.05) is 20.8 Å². The van der Waals surface area contributed by atoms with E-state index in [1.807, 2.05) is 24.3 Å². The van der Waals surface area contributed by atoms with Gasteiger partial charge in [0.1, 0.15) is 0 Å². The molecule has 3 aromatic rings. The monoisotopic (exact) mass is 477 g/mol. The standard InChI is InChI=1S/C26H24BrNO3/c1-30-22-14-18-11-12-28(23(29)15-17-8-4-6-10-20(17)27)21-13-16-7-3-5-9-19(16)25(24(18)21)26(22)31-2/h3-10,14,21H,11-13,15H2,1-2H3. The van der Waals surface area contributed by atoms with Crippen LogP contribution < -0.4 is 9.47 Å². The van der Waals surface area contributed by atoms with Gasteiger partial charge in [-0.05, 0) is 52.8 Å². The minimum Gasteiger partial charge on any atom is -0.493 e. The van der Waals surface area contributed by atoms with E-state index in [0.29, 0.717) is 13.0 Å². The van der Waals surface area contributed by atoms with Gasteiger partial charge in [0.25, 0.3) is 0 Å². The molecule has 5 rings (SSSR count). The Labute approximate surface area is 190 Å². The molecule has 4 nitrogen and oxygen atoms in total. The van der Waals surface area contributed by atoms with Crippen LogP contribution in [-0.4, -0.2) is 31.6 Å². The number of methoxy groups -OCH3 is 2. The van der Waals surface area contributed by atoms with Crippen LogP contribution in [0.1, 0.15) is 28.3 Å². The molecule has 0 saturated carbocycles. The first kappa shape index (κ1) is 20.1. The number of rotatable bonds is 4. The molecule has 3 aromatic carbocycles. The second-order valence-corrected chi connectivity index (χ2v) is 8.90. The normalized spacial score (nSPS) is 16.4. The van der Waals surface area contributed by atoms with Crippen molar-refractivity contribution < 1.29 is 14.3 Å². The van der Waals surface area contributed by atoms with Crippen LogP contribution in [0.15, 0.2) is 59.1 Å². The maximum atomic E-state index is 13.5. The summed E-state index contributed by atoms with van der Waals surface area (Å²) in [6.45, 7) is 0.706. The van der Waals surface area contributed by atoms with E-state index in [-0.39, 0.29) is 11.9 Å². The lowest BCUT2D eigenvalue weighted by Crippen LogP contribution is -2.43. The van der Waals surface area contributed by atoms with E-state index in [2.05, 4.69) is 51.2 Å². The zero-order valence-electron chi connectivity index (χ0n) is 17.7. The van der Waals surface area contributed by atoms with Gasteiger partial charge in [-0.15, -0.1) is 0 Å². The lowest BCUT2D eigenvalue weighted by molar-refractivity contribution is -0.133. The van der Waals surface area contributed by atoms with Crippen molar-refractivity contribution in [1.29, 1.82) is 0 Å². The van der Waals surface area contributed by atoms with Crippen LogP contribution in [0.2, 0.25) is 0 Å². The predicted octanol–water partition coefficient (Wildman–Crippen LogP) is 5.36. The molecule has 5 heteroatoms. The minimum atomic E-state index is 0.00319. The van der Waals surface area contributed by atoms with Crippen LogP contribution in [0.25, 0.3) is 11.1 Å². The Morgan fingerprint density at radius 1 is 1.06 bits per heavy atom. The third-order valence-corrected chi connectivity index (χ3v) is 7.22. The van der Waals surface area contributed by atoms with E-state index in [9.17, 15) is 4.79 Å². The Morgan fingerprint density at radius 2 is 1.84 bits per heavy atom. The molecule has 0 saturated heterocycles. The van der Waals surface area contributed by atoms with E-state index < -0.39 is 0 Å². The highest BCUT2D eigenvalue weighted by atomic mass is 79.9. The number of fused-ring (bicyclic) bond motifs is 2. The smallest absolute Gasteiger partial charge is 0.227 e. The molecule has 158 valence electrons. The van der Waals surface area contributed by atoms with Crippen molar-refractivity contribution in [3.8, 4) is 22.6 Å². The van der Waals surface area contributed by atoms with Gasteiger partial charge in [-0.25, -0.2) is 0 Å². The molecule has 0 bridgehead atoms. The summed E-state index contributed by atoms with van der Waals surface area (Å²) in [5, 5.41) is 0. The Balaban J connectivity index is 1.62. The van der Waals surface area contributed by atoms with Crippen LogP contribution in [0.4, 0.5) is 0 Å². The molecule has 1 aliphatic heterocycles. The molecule has 2 aliphatic rings. The van der Waals surface area contributed by atoms with Crippen molar-refractivity contribution in [1.82, 2.24) is 4.90 Å². The number of hydrogen-bond donors (Lipinski definition) is 0. The highest BCUT2D eigenvalue weighted by Gasteiger charge is 2.39. The summed E-state index contributed by atoms with van der Waals surface area (Å²) in [6, 6.07) is 18.5. The van der Waals surface area contributed by atoms with Gasteiger partial charge in [-0.2, -0.15) is 0 Å². The number of halogens is 1. The second kappa shape index (κ2) is 8.04. The molecule has 1 amide bonds. The summed E-state index contributed by atoms with van der Waals surface area (Å²) in [5.74, 6) is 1.65. The van der Waals surface area contributed by atoms with E-state index in [0.717, 1.165) is 39.9 Å². The summed E-state index contributed by atoms with van der Waals surface area (Å²) in [4.78, 5) is 15.5. The topological polar surface area (TPSA) is 38.8 Å². The molecule has 0 aromatic heterocycles.